The number of carbonyl (C=O) groups is 5. The molecule has 4 aliphatic heterocycles. The van der Waals surface area contributed by atoms with Crippen molar-refractivity contribution in [3.05, 3.63) is 97.6 Å². The van der Waals surface area contributed by atoms with Crippen LogP contribution in [0.2, 0.25) is 10.0 Å². The van der Waals surface area contributed by atoms with E-state index >= 15 is 4.39 Å². The number of nitrogens with zero attached hydrogens (tertiary/aromatic N) is 3. The summed E-state index contributed by atoms with van der Waals surface area (Å²) in [6.07, 6.45) is 6.17. The normalized spacial score (nSPS) is 30.4. The minimum atomic E-state index is -1.40. The second kappa shape index (κ2) is 17.5. The first kappa shape index (κ1) is 44.7. The number of anilines is 1. The minimum Gasteiger partial charge on any atom is -0.393 e. The zero-order valence-corrected chi connectivity index (χ0v) is 38.2. The van der Waals surface area contributed by atoms with Crippen molar-refractivity contribution >= 4 is 69.5 Å². The molecule has 4 aromatic rings. The van der Waals surface area contributed by atoms with Crippen molar-refractivity contribution in [2.75, 3.05) is 18.4 Å². The molecular formula is C49H54Cl2FN7O7. The molecule has 5 fully saturated rings. The Kier molecular flexibility index (Phi) is 11.9. The average molecular weight is 943 g/mol. The van der Waals surface area contributed by atoms with Gasteiger partial charge in [0, 0.05) is 61.2 Å². The summed E-state index contributed by atoms with van der Waals surface area (Å²) in [5.74, 6) is -3.18. The molecule has 3 aromatic carbocycles. The van der Waals surface area contributed by atoms with Crippen LogP contribution in [0.1, 0.15) is 112 Å². The first-order valence-corrected chi connectivity index (χ1v) is 24.1. The number of benzene rings is 3. The molecule has 10 rings (SSSR count). The Labute approximate surface area is 390 Å². The predicted molar refractivity (Wildman–Crippen MR) is 246 cm³/mol. The molecule has 5 N–H and O–H groups in total. The fourth-order valence-corrected chi connectivity index (χ4v) is 12.9. The molecule has 2 aliphatic carbocycles. The van der Waals surface area contributed by atoms with E-state index in [4.69, 9.17) is 23.2 Å². The Morgan fingerprint density at radius 3 is 2.32 bits per heavy atom. The van der Waals surface area contributed by atoms with Crippen molar-refractivity contribution in [3.63, 3.8) is 0 Å². The number of aliphatic hydroxyl groups excluding tert-OH is 1. The van der Waals surface area contributed by atoms with Crippen LogP contribution in [0, 0.1) is 17.7 Å². The quantitative estimate of drug-likeness (QED) is 0.146. The van der Waals surface area contributed by atoms with Crippen LogP contribution in [0.3, 0.4) is 0 Å². The first-order valence-electron chi connectivity index (χ1n) is 23.4. The van der Waals surface area contributed by atoms with E-state index in [1.54, 1.807) is 41.9 Å². The van der Waals surface area contributed by atoms with Crippen LogP contribution in [0.4, 0.5) is 10.1 Å². The van der Waals surface area contributed by atoms with E-state index in [1.165, 1.54) is 10.6 Å². The summed E-state index contributed by atoms with van der Waals surface area (Å²) >= 11 is 12.8. The van der Waals surface area contributed by atoms with Crippen molar-refractivity contribution in [1.29, 1.82) is 0 Å². The van der Waals surface area contributed by atoms with Gasteiger partial charge in [0.2, 0.25) is 29.5 Å². The molecular weight excluding hydrogens is 888 g/mol. The Bertz CT molecular complexity index is 2700. The number of aromatic nitrogens is 2. The van der Waals surface area contributed by atoms with Gasteiger partial charge in [0.1, 0.15) is 17.3 Å². The van der Waals surface area contributed by atoms with Crippen LogP contribution in [0.5, 0.6) is 0 Å². The molecule has 2 saturated carbocycles. The van der Waals surface area contributed by atoms with Crippen LogP contribution in [-0.2, 0) is 36.4 Å². The maximum Gasteiger partial charge on any atom is 0.329 e. The Morgan fingerprint density at radius 2 is 1.59 bits per heavy atom. The van der Waals surface area contributed by atoms with Gasteiger partial charge < -0.3 is 26.0 Å². The van der Waals surface area contributed by atoms with Crippen molar-refractivity contribution in [3.8, 4) is 0 Å². The smallest absolute Gasteiger partial charge is 0.329 e. The number of imidazole rings is 1. The van der Waals surface area contributed by atoms with Gasteiger partial charge in [0.05, 0.1) is 28.2 Å². The number of hydrogen-bond acceptors (Lipinski definition) is 8. The summed E-state index contributed by atoms with van der Waals surface area (Å²) in [4.78, 5) is 83.1. The largest absolute Gasteiger partial charge is 0.393 e. The van der Waals surface area contributed by atoms with Crippen LogP contribution in [-0.4, -0.2) is 86.0 Å². The Hall–Kier alpha value is -5.09. The molecule has 1 spiro atoms. The lowest BCUT2D eigenvalue weighted by molar-refractivity contribution is -0.138. The summed E-state index contributed by atoms with van der Waals surface area (Å²) in [5.41, 5.74) is 2.03. The molecule has 66 heavy (non-hydrogen) atoms. The van der Waals surface area contributed by atoms with Gasteiger partial charge in [0.25, 0.3) is 0 Å². The molecule has 17 heteroatoms. The van der Waals surface area contributed by atoms with Crippen LogP contribution in [0.15, 0.2) is 59.4 Å². The third-order valence-electron chi connectivity index (χ3n) is 15.9. The van der Waals surface area contributed by atoms with E-state index in [0.29, 0.717) is 91.8 Å². The number of amides is 5. The summed E-state index contributed by atoms with van der Waals surface area (Å²) in [6, 6.07) is 13.2. The molecule has 5 amide bonds. The third kappa shape index (κ3) is 7.54. The zero-order valence-electron chi connectivity index (χ0n) is 36.7. The topological polar surface area (TPSA) is 184 Å². The van der Waals surface area contributed by atoms with Gasteiger partial charge in [0.15, 0.2) is 0 Å². The van der Waals surface area contributed by atoms with Gasteiger partial charge in [-0.2, -0.15) is 0 Å². The van der Waals surface area contributed by atoms with E-state index in [9.17, 15) is 33.9 Å². The fraction of sp³-hybridized carbons (Fsp3) is 0.510. The van der Waals surface area contributed by atoms with Crippen molar-refractivity contribution in [1.82, 2.24) is 30.0 Å². The Balaban J connectivity index is 0.817. The molecule has 5 atom stereocenters. The van der Waals surface area contributed by atoms with E-state index in [-0.39, 0.29) is 76.5 Å². The number of piperidine rings is 2. The highest BCUT2D eigenvalue weighted by molar-refractivity contribution is 6.31. The second-order valence-corrected chi connectivity index (χ2v) is 20.3. The van der Waals surface area contributed by atoms with Crippen molar-refractivity contribution < 1.29 is 33.5 Å². The van der Waals surface area contributed by atoms with Crippen molar-refractivity contribution in [2.45, 2.75) is 125 Å². The number of carbonyl (C=O) groups excluding carboxylic acids is 5. The van der Waals surface area contributed by atoms with Gasteiger partial charge in [-0.3, -0.25) is 38.4 Å². The highest BCUT2D eigenvalue weighted by Crippen LogP contribution is 2.58. The summed E-state index contributed by atoms with van der Waals surface area (Å²) in [7, 11) is 1.69. The highest BCUT2D eigenvalue weighted by atomic mass is 35.5. The minimum absolute atomic E-state index is 0.103. The SMILES string of the molecule is Cn1c(=O)n(C2CCC(=O)NC2=O)c2ccc(C3CCN(C(=O)C4CCC(NC(=O)[C@@H]5NC(C6CCC(O)CC6)[C@@]6(C(=O)Nc7cc(Cl)ccc76)[C@H]5c5cccc(Cl)c5F)CC4)CC3)cc21. The first-order chi connectivity index (χ1) is 31.7. The number of aliphatic hydroxyl groups is 1. The number of imide groups is 1. The number of halogens is 3. The monoisotopic (exact) mass is 941 g/mol. The van der Waals surface area contributed by atoms with Crippen LogP contribution < -0.4 is 27.0 Å². The predicted octanol–water partition coefficient (Wildman–Crippen LogP) is 5.71. The maximum atomic E-state index is 16.4. The molecule has 14 nitrogen and oxygen atoms in total. The molecule has 0 bridgehead atoms. The number of fused-ring (bicyclic) bond motifs is 3. The zero-order chi connectivity index (χ0) is 46.2. The maximum absolute atomic E-state index is 16.4. The molecule has 3 saturated heterocycles. The lowest BCUT2D eigenvalue weighted by atomic mass is 9.60. The van der Waals surface area contributed by atoms with E-state index in [1.807, 2.05) is 23.1 Å². The number of hydrogen-bond donors (Lipinski definition) is 5. The van der Waals surface area contributed by atoms with E-state index in [2.05, 4.69) is 21.3 Å². The fourth-order valence-electron chi connectivity index (χ4n) is 12.5. The summed E-state index contributed by atoms with van der Waals surface area (Å²) in [6.45, 7) is 1.18. The number of nitrogens with one attached hydrogen (secondary N) is 4. The number of likely N-dealkylation sites (tertiary alicyclic amines) is 1. The molecule has 1 aromatic heterocycles. The lowest BCUT2D eigenvalue weighted by Gasteiger charge is -2.40. The van der Waals surface area contributed by atoms with E-state index < -0.39 is 47.3 Å². The average Bonchev–Trinajstić information content (AvgIpc) is 3.90. The van der Waals surface area contributed by atoms with Gasteiger partial charge in [-0.1, -0.05) is 47.5 Å². The third-order valence-corrected chi connectivity index (χ3v) is 16.4. The number of rotatable bonds is 7. The molecule has 6 aliphatic rings. The van der Waals surface area contributed by atoms with E-state index in [0.717, 1.165) is 18.4 Å². The number of aryl methyl sites for hydroxylation is 1. The standard InChI is InChI=1S/C49H54Cl2FN7O7/c1-57-38-23-28(9-16-36(38)59(48(57)66)37-17-18-39(61)55-44(37)62)25-19-21-58(22-20-25)46(64)27-5-11-30(12-6-27)53-45(63)42-40(32-3-2-4-34(51)41(32)52)49(43(56-42)26-7-13-31(60)14-8-26)33-15-10-29(50)24-35(33)54-47(49)65/h2-4,9-10,15-16,23-27,30-31,37,40,42-43,56,60H,5-8,11-14,17-22H2,1H3,(H,53,63)(H,54,65)(H,55,61,62)/t26?,27?,30?,31?,37?,40-,42+,43?,49-/m0/s1. The van der Waals surface area contributed by atoms with Gasteiger partial charge >= 0.3 is 5.69 Å². The second-order valence-electron chi connectivity index (χ2n) is 19.4. The van der Waals surface area contributed by atoms with Crippen molar-refractivity contribution in [2.24, 2.45) is 18.9 Å². The molecule has 5 heterocycles. The molecule has 2 unspecified atom stereocenters. The molecule has 0 radical (unpaired) electrons. The highest BCUT2D eigenvalue weighted by Gasteiger charge is 2.67. The van der Waals surface area contributed by atoms with Crippen LogP contribution >= 0.6 is 23.2 Å². The van der Waals surface area contributed by atoms with Crippen LogP contribution in [0.25, 0.3) is 11.0 Å². The molecule has 348 valence electrons. The van der Waals surface area contributed by atoms with Gasteiger partial charge in [-0.15, -0.1) is 0 Å². The van der Waals surface area contributed by atoms with Gasteiger partial charge in [-0.25, -0.2) is 9.18 Å². The summed E-state index contributed by atoms with van der Waals surface area (Å²) in [5, 5.41) is 23.0. The summed E-state index contributed by atoms with van der Waals surface area (Å²) < 4.78 is 19.4. The lowest BCUT2D eigenvalue weighted by Crippen LogP contribution is -2.52. The van der Waals surface area contributed by atoms with Gasteiger partial charge in [-0.05, 0) is 129 Å². The Morgan fingerprint density at radius 1 is 0.848 bits per heavy atom.